The average molecular weight is 362 g/mol. The summed E-state index contributed by atoms with van der Waals surface area (Å²) in [5, 5.41) is 0. The zero-order valence-corrected chi connectivity index (χ0v) is 17.4. The molecule has 2 nitrogen and oxygen atoms in total. The van der Waals surface area contributed by atoms with Crippen molar-refractivity contribution < 1.29 is 4.90 Å². The van der Waals surface area contributed by atoms with Gasteiger partial charge in [-0.3, -0.25) is 0 Å². The van der Waals surface area contributed by atoms with Gasteiger partial charge in [-0.15, -0.1) is 0 Å². The second-order valence-corrected chi connectivity index (χ2v) is 10.4. The SMILES string of the molecule is C1CCC(CN2CCC(C3CC[NH+](CC4CCCCC4)CC3)CC2)CC1. The third-order valence-corrected chi connectivity index (χ3v) is 8.58. The maximum Gasteiger partial charge on any atom is 0.0799 e. The van der Waals surface area contributed by atoms with Gasteiger partial charge in [0.2, 0.25) is 0 Å². The monoisotopic (exact) mass is 361 g/mol. The van der Waals surface area contributed by atoms with E-state index >= 15 is 0 Å². The molecule has 0 amide bonds. The number of nitrogens with one attached hydrogen (secondary N) is 1. The molecule has 0 bridgehead atoms. The van der Waals surface area contributed by atoms with Crippen molar-refractivity contribution in [2.45, 2.75) is 89.9 Å². The third kappa shape index (κ3) is 5.47. The van der Waals surface area contributed by atoms with Crippen LogP contribution in [-0.4, -0.2) is 44.2 Å². The Morgan fingerprint density at radius 3 is 1.73 bits per heavy atom. The predicted octanol–water partition coefficient (Wildman–Crippen LogP) is 4.15. The fourth-order valence-electron chi connectivity index (χ4n) is 6.87. The van der Waals surface area contributed by atoms with Gasteiger partial charge in [0.25, 0.3) is 0 Å². The third-order valence-electron chi connectivity index (χ3n) is 8.58. The molecule has 0 aromatic heterocycles. The zero-order valence-electron chi connectivity index (χ0n) is 17.4. The van der Waals surface area contributed by atoms with Crippen molar-refractivity contribution in [2.24, 2.45) is 23.7 Å². The van der Waals surface area contributed by atoms with E-state index in [9.17, 15) is 0 Å². The number of likely N-dealkylation sites (tertiary alicyclic amines) is 2. The quantitative estimate of drug-likeness (QED) is 0.773. The lowest BCUT2D eigenvalue weighted by molar-refractivity contribution is -0.910. The largest absolute Gasteiger partial charge is 0.335 e. The Bertz CT molecular complexity index is 343. The van der Waals surface area contributed by atoms with Crippen LogP contribution in [0.1, 0.15) is 89.9 Å². The summed E-state index contributed by atoms with van der Waals surface area (Å²) in [4.78, 5) is 4.79. The van der Waals surface area contributed by atoms with E-state index in [0.717, 1.165) is 23.7 Å². The first-order chi connectivity index (χ1) is 12.9. The summed E-state index contributed by atoms with van der Waals surface area (Å²) in [6, 6.07) is 0. The molecule has 0 radical (unpaired) electrons. The first-order valence-corrected chi connectivity index (χ1v) is 12.4. The smallest absolute Gasteiger partial charge is 0.0799 e. The maximum atomic E-state index is 2.83. The first-order valence-electron chi connectivity index (χ1n) is 12.4. The molecule has 2 aliphatic heterocycles. The highest BCUT2D eigenvalue weighted by Crippen LogP contribution is 2.32. The van der Waals surface area contributed by atoms with E-state index in [1.807, 2.05) is 4.90 Å². The number of quaternary nitrogens is 1. The number of hydrogen-bond acceptors (Lipinski definition) is 1. The summed E-state index contributed by atoms with van der Waals surface area (Å²) in [5.74, 6) is 4.24. The molecule has 0 aromatic carbocycles. The minimum absolute atomic E-state index is 1.03. The van der Waals surface area contributed by atoms with Crippen molar-refractivity contribution in [1.29, 1.82) is 0 Å². The Labute approximate surface area is 163 Å². The van der Waals surface area contributed by atoms with E-state index in [4.69, 9.17) is 0 Å². The Hall–Kier alpha value is -0.0800. The lowest BCUT2D eigenvalue weighted by atomic mass is 9.78. The Morgan fingerprint density at radius 2 is 1.12 bits per heavy atom. The van der Waals surface area contributed by atoms with Crippen LogP contribution >= 0.6 is 0 Å². The van der Waals surface area contributed by atoms with Crippen LogP contribution in [0.2, 0.25) is 0 Å². The Balaban J connectivity index is 1.13. The molecule has 4 rings (SSSR count). The van der Waals surface area contributed by atoms with Crippen molar-refractivity contribution in [1.82, 2.24) is 4.90 Å². The van der Waals surface area contributed by atoms with Gasteiger partial charge in [0.1, 0.15) is 0 Å². The lowest BCUT2D eigenvalue weighted by Crippen LogP contribution is -3.13. The van der Waals surface area contributed by atoms with Gasteiger partial charge in [0, 0.05) is 12.5 Å². The highest BCUT2D eigenvalue weighted by Gasteiger charge is 2.32. The molecule has 0 unspecified atom stereocenters. The van der Waals surface area contributed by atoms with Gasteiger partial charge >= 0.3 is 0 Å². The highest BCUT2D eigenvalue weighted by molar-refractivity contribution is 4.81. The Morgan fingerprint density at radius 1 is 0.577 bits per heavy atom. The fraction of sp³-hybridized carbons (Fsp3) is 1.00. The van der Waals surface area contributed by atoms with Crippen molar-refractivity contribution in [3.63, 3.8) is 0 Å². The molecule has 4 fully saturated rings. The van der Waals surface area contributed by atoms with Gasteiger partial charge in [-0.25, -0.2) is 0 Å². The standard InChI is InChI=1S/C24H44N2/c1-3-7-21(8-4-1)19-25-15-11-23(12-16-25)24-13-17-26(18-14-24)20-22-9-5-2-6-10-22/h21-24H,1-20H2/p+1. The summed E-state index contributed by atoms with van der Waals surface area (Å²) < 4.78 is 0. The van der Waals surface area contributed by atoms with Crippen molar-refractivity contribution in [3.05, 3.63) is 0 Å². The molecule has 4 aliphatic rings. The van der Waals surface area contributed by atoms with Crippen LogP contribution in [0.15, 0.2) is 0 Å². The normalized spacial score (nSPS) is 34.2. The molecule has 0 aromatic rings. The number of piperidine rings is 2. The van der Waals surface area contributed by atoms with Crippen LogP contribution in [0.25, 0.3) is 0 Å². The molecular formula is C24H45N2+. The van der Waals surface area contributed by atoms with Gasteiger partial charge in [0.05, 0.1) is 19.6 Å². The highest BCUT2D eigenvalue weighted by atomic mass is 15.1. The fourth-order valence-corrected chi connectivity index (χ4v) is 6.87. The second-order valence-electron chi connectivity index (χ2n) is 10.4. The Kier molecular flexibility index (Phi) is 7.34. The van der Waals surface area contributed by atoms with E-state index in [-0.39, 0.29) is 0 Å². The molecule has 2 saturated carbocycles. The minimum Gasteiger partial charge on any atom is -0.335 e. The van der Waals surface area contributed by atoms with E-state index in [2.05, 4.69) is 4.90 Å². The average Bonchev–Trinajstić information content (AvgIpc) is 2.71. The van der Waals surface area contributed by atoms with Crippen molar-refractivity contribution in [3.8, 4) is 0 Å². The molecule has 2 heterocycles. The molecule has 150 valence electrons. The molecule has 2 heteroatoms. The van der Waals surface area contributed by atoms with Crippen LogP contribution in [0.4, 0.5) is 0 Å². The molecule has 2 aliphatic carbocycles. The summed E-state index contributed by atoms with van der Waals surface area (Å²) in [5.41, 5.74) is 0. The second kappa shape index (κ2) is 9.92. The predicted molar refractivity (Wildman–Crippen MR) is 111 cm³/mol. The zero-order chi connectivity index (χ0) is 17.6. The molecule has 26 heavy (non-hydrogen) atoms. The summed E-state index contributed by atoms with van der Waals surface area (Å²) in [6.07, 6.45) is 21.2. The number of nitrogens with zero attached hydrogens (tertiary/aromatic N) is 1. The topological polar surface area (TPSA) is 7.68 Å². The van der Waals surface area contributed by atoms with Gasteiger partial charge in [0.15, 0.2) is 0 Å². The van der Waals surface area contributed by atoms with Crippen LogP contribution in [0, 0.1) is 23.7 Å². The van der Waals surface area contributed by atoms with E-state index in [0.29, 0.717) is 0 Å². The number of rotatable bonds is 5. The summed E-state index contributed by atoms with van der Waals surface area (Å²) >= 11 is 0. The summed E-state index contributed by atoms with van der Waals surface area (Å²) in [7, 11) is 0. The van der Waals surface area contributed by atoms with Gasteiger partial charge in [-0.1, -0.05) is 38.5 Å². The van der Waals surface area contributed by atoms with Gasteiger partial charge in [-0.05, 0) is 82.2 Å². The number of hydrogen-bond donors (Lipinski definition) is 1. The minimum atomic E-state index is 1.03. The van der Waals surface area contributed by atoms with Crippen LogP contribution < -0.4 is 4.90 Å². The molecule has 1 N–H and O–H groups in total. The van der Waals surface area contributed by atoms with Crippen LogP contribution in [-0.2, 0) is 0 Å². The lowest BCUT2D eigenvalue weighted by Gasteiger charge is -2.40. The first kappa shape index (κ1) is 19.2. The van der Waals surface area contributed by atoms with Crippen molar-refractivity contribution >= 4 is 0 Å². The molecular weight excluding hydrogens is 316 g/mol. The molecule has 0 spiro atoms. The maximum absolute atomic E-state index is 2.83. The van der Waals surface area contributed by atoms with Crippen molar-refractivity contribution in [2.75, 3.05) is 39.3 Å². The summed E-state index contributed by atoms with van der Waals surface area (Å²) in [6.45, 7) is 8.74. The van der Waals surface area contributed by atoms with Crippen LogP contribution in [0.5, 0.6) is 0 Å². The van der Waals surface area contributed by atoms with Crippen LogP contribution in [0.3, 0.4) is 0 Å². The van der Waals surface area contributed by atoms with E-state index in [1.54, 1.807) is 0 Å². The molecule has 0 atom stereocenters. The van der Waals surface area contributed by atoms with Gasteiger partial charge in [-0.2, -0.15) is 0 Å². The van der Waals surface area contributed by atoms with E-state index in [1.165, 1.54) is 129 Å². The molecule has 2 saturated heterocycles. The van der Waals surface area contributed by atoms with Gasteiger partial charge < -0.3 is 9.80 Å². The van der Waals surface area contributed by atoms with E-state index < -0.39 is 0 Å².